The average Bonchev–Trinajstić information content (AvgIpc) is 3.02. The van der Waals surface area contributed by atoms with E-state index in [2.05, 4.69) is 64.7 Å². The highest BCUT2D eigenvalue weighted by molar-refractivity contribution is 5.86. The number of phenolic OH excluding ortho intramolecular Hbond substituents is 1. The Morgan fingerprint density at radius 2 is 1.13 bits per heavy atom. The molecule has 1 N–H and O–H groups in total. The van der Waals surface area contributed by atoms with Crippen molar-refractivity contribution in [3.63, 3.8) is 0 Å². The van der Waals surface area contributed by atoms with Crippen molar-refractivity contribution in [2.45, 2.75) is 52.4 Å². The molecule has 0 atom stereocenters. The van der Waals surface area contributed by atoms with E-state index in [-0.39, 0.29) is 27.7 Å². The summed E-state index contributed by atoms with van der Waals surface area (Å²) >= 11 is 0. The van der Waals surface area contributed by atoms with Crippen LogP contribution in [0.15, 0.2) is 97.2 Å². The summed E-state index contributed by atoms with van der Waals surface area (Å²) in [6, 6.07) is 25.9. The minimum atomic E-state index is -0.957. The molecule has 0 radical (unpaired) electrons. The van der Waals surface area contributed by atoms with Gasteiger partial charge in [-0.2, -0.15) is 0 Å². The van der Waals surface area contributed by atoms with Crippen LogP contribution in [0.2, 0.25) is 0 Å². The summed E-state index contributed by atoms with van der Waals surface area (Å²) in [7, 11) is 0. The van der Waals surface area contributed by atoms with Crippen molar-refractivity contribution in [3.8, 4) is 50.6 Å². The highest BCUT2D eigenvalue weighted by Crippen LogP contribution is 2.40. The molecule has 0 aliphatic rings. The topological polar surface area (TPSA) is 46.0 Å². The number of hydrogen-bond donors (Lipinski definition) is 1. The summed E-state index contributed by atoms with van der Waals surface area (Å²) in [6.07, 6.45) is 1.71. The third-order valence-electron chi connectivity index (χ3n) is 8.33. The molecule has 0 bridgehead atoms. The first-order valence-corrected chi connectivity index (χ1v) is 15.2. The van der Waals surface area contributed by atoms with Crippen molar-refractivity contribution < 1.29 is 18.3 Å². The molecule has 0 unspecified atom stereocenters. The molecule has 3 nitrogen and oxygen atoms in total. The molecule has 2 aromatic heterocycles. The highest BCUT2D eigenvalue weighted by Gasteiger charge is 2.23. The first-order valence-electron chi connectivity index (χ1n) is 15.2. The van der Waals surface area contributed by atoms with E-state index >= 15 is 8.78 Å². The van der Waals surface area contributed by atoms with Crippen molar-refractivity contribution in [1.82, 2.24) is 9.97 Å². The van der Waals surface area contributed by atoms with Crippen molar-refractivity contribution in [2.75, 3.05) is 0 Å². The van der Waals surface area contributed by atoms with Crippen LogP contribution in [0.4, 0.5) is 13.2 Å². The van der Waals surface area contributed by atoms with Crippen molar-refractivity contribution in [2.24, 2.45) is 0 Å². The number of halogens is 3. The van der Waals surface area contributed by atoms with Gasteiger partial charge in [0.05, 0.1) is 22.6 Å². The smallest absolute Gasteiger partial charge is 0.165 e. The highest BCUT2D eigenvalue weighted by atomic mass is 19.1. The number of aromatic nitrogens is 2. The molecule has 0 fully saturated rings. The molecule has 46 heavy (non-hydrogen) atoms. The van der Waals surface area contributed by atoms with Crippen LogP contribution in [-0.2, 0) is 10.8 Å². The summed E-state index contributed by atoms with van der Waals surface area (Å²) in [4.78, 5) is 9.23. The molecular formula is C40H35F3N2O. The van der Waals surface area contributed by atoms with Gasteiger partial charge in [0, 0.05) is 22.7 Å². The molecule has 0 saturated heterocycles. The van der Waals surface area contributed by atoms with Crippen LogP contribution in [0.5, 0.6) is 5.75 Å². The molecule has 0 aliphatic heterocycles. The van der Waals surface area contributed by atoms with Gasteiger partial charge in [-0.25, -0.2) is 18.2 Å². The van der Waals surface area contributed by atoms with E-state index < -0.39 is 23.2 Å². The van der Waals surface area contributed by atoms with Crippen molar-refractivity contribution in [1.29, 1.82) is 0 Å². The lowest BCUT2D eigenvalue weighted by molar-refractivity contribution is 0.429. The molecule has 4 aromatic carbocycles. The molecule has 0 saturated carbocycles. The summed E-state index contributed by atoms with van der Waals surface area (Å²) in [5.41, 5.74) is 4.83. The Balaban J connectivity index is 1.60. The summed E-state index contributed by atoms with van der Waals surface area (Å²) < 4.78 is 45.2. The van der Waals surface area contributed by atoms with Crippen LogP contribution >= 0.6 is 0 Å². The maximum absolute atomic E-state index is 15.3. The van der Waals surface area contributed by atoms with E-state index in [9.17, 15) is 9.50 Å². The zero-order valence-corrected chi connectivity index (χ0v) is 26.7. The Bertz CT molecular complexity index is 2090. The third kappa shape index (κ3) is 6.00. The number of nitrogens with zero attached hydrogens (tertiary/aromatic N) is 2. The zero-order valence-electron chi connectivity index (χ0n) is 26.7. The van der Waals surface area contributed by atoms with E-state index in [4.69, 9.17) is 4.98 Å². The van der Waals surface area contributed by atoms with Gasteiger partial charge in [-0.05, 0) is 87.0 Å². The Kier molecular flexibility index (Phi) is 7.71. The molecule has 2 heterocycles. The van der Waals surface area contributed by atoms with Gasteiger partial charge in [-0.1, -0.05) is 84.0 Å². The summed E-state index contributed by atoms with van der Waals surface area (Å²) in [5.74, 6) is -3.05. The fraction of sp³-hybridized carbons (Fsp3) is 0.200. The van der Waals surface area contributed by atoms with Gasteiger partial charge >= 0.3 is 0 Å². The number of benzene rings is 4. The molecule has 0 spiro atoms. The second-order valence-corrected chi connectivity index (χ2v) is 13.8. The Morgan fingerprint density at radius 1 is 0.543 bits per heavy atom. The van der Waals surface area contributed by atoms with Gasteiger partial charge in [0.2, 0.25) is 0 Å². The van der Waals surface area contributed by atoms with Crippen molar-refractivity contribution >= 4 is 10.8 Å². The molecule has 6 heteroatoms. The van der Waals surface area contributed by atoms with Crippen molar-refractivity contribution in [3.05, 3.63) is 126 Å². The molecule has 0 aliphatic carbocycles. The quantitative estimate of drug-likeness (QED) is 0.214. The van der Waals surface area contributed by atoms with E-state index in [0.29, 0.717) is 22.5 Å². The fourth-order valence-corrected chi connectivity index (χ4v) is 5.53. The molecule has 232 valence electrons. The average molecular weight is 617 g/mol. The lowest BCUT2D eigenvalue weighted by Crippen LogP contribution is -2.16. The Hall–Kier alpha value is -4.97. The van der Waals surface area contributed by atoms with E-state index in [0.717, 1.165) is 39.6 Å². The van der Waals surface area contributed by atoms with E-state index in [1.165, 1.54) is 6.07 Å². The normalized spacial score (nSPS) is 12.1. The van der Waals surface area contributed by atoms with Crippen LogP contribution in [0.1, 0.15) is 52.7 Å². The second kappa shape index (κ2) is 11.4. The van der Waals surface area contributed by atoms with Gasteiger partial charge in [0.25, 0.3) is 0 Å². The largest absolute Gasteiger partial charge is 0.504 e. The monoisotopic (exact) mass is 616 g/mol. The van der Waals surface area contributed by atoms with Crippen LogP contribution in [0, 0.1) is 17.5 Å². The zero-order chi connectivity index (χ0) is 33.0. The lowest BCUT2D eigenvalue weighted by Gasteiger charge is -2.26. The predicted octanol–water partition coefficient (Wildman–Crippen LogP) is 11.0. The number of aromatic hydroxyl groups is 1. The first kappa shape index (κ1) is 31.0. The lowest BCUT2D eigenvalue weighted by atomic mass is 9.79. The fourth-order valence-electron chi connectivity index (χ4n) is 5.53. The Labute approximate surface area is 267 Å². The summed E-state index contributed by atoms with van der Waals surface area (Å²) in [6.45, 7) is 12.9. The first-order chi connectivity index (χ1) is 21.7. The molecular weight excluding hydrogens is 581 g/mol. The van der Waals surface area contributed by atoms with Crippen LogP contribution in [0.25, 0.3) is 55.7 Å². The number of pyridine rings is 2. The SMILES string of the molecule is CC(C)(C)c1cc(-c2cc(-c3ccc(F)c(-c4cc5ccccc5cn4)c3)nc(-c3c(F)ccc(F)c3O)c2)cc(C(C)(C)C)c1. The molecule has 0 amide bonds. The van der Waals surface area contributed by atoms with Gasteiger partial charge in [0.1, 0.15) is 11.6 Å². The van der Waals surface area contributed by atoms with Gasteiger partial charge in [0.15, 0.2) is 11.6 Å². The van der Waals surface area contributed by atoms with Gasteiger partial charge in [-0.3, -0.25) is 4.98 Å². The maximum Gasteiger partial charge on any atom is 0.165 e. The molecule has 6 aromatic rings. The van der Waals surface area contributed by atoms with Crippen LogP contribution in [-0.4, -0.2) is 15.1 Å². The minimum absolute atomic E-state index is 0.0511. The van der Waals surface area contributed by atoms with Crippen LogP contribution in [0.3, 0.4) is 0 Å². The molecule has 6 rings (SSSR count). The maximum atomic E-state index is 15.3. The number of rotatable bonds is 4. The minimum Gasteiger partial charge on any atom is -0.504 e. The number of phenols is 1. The number of hydrogen-bond acceptors (Lipinski definition) is 3. The third-order valence-corrected chi connectivity index (χ3v) is 8.33. The van der Waals surface area contributed by atoms with E-state index in [1.54, 1.807) is 24.4 Å². The summed E-state index contributed by atoms with van der Waals surface area (Å²) in [5, 5.41) is 12.5. The Morgan fingerprint density at radius 3 is 1.80 bits per heavy atom. The second-order valence-electron chi connectivity index (χ2n) is 13.8. The van der Waals surface area contributed by atoms with Gasteiger partial charge < -0.3 is 5.11 Å². The van der Waals surface area contributed by atoms with Crippen LogP contribution < -0.4 is 0 Å². The van der Waals surface area contributed by atoms with Gasteiger partial charge in [-0.15, -0.1) is 0 Å². The standard InChI is InChI=1S/C40H35F3N2O/c1-39(2,3)28-15-26(16-29(21-28)40(4,5)6)27-19-34(45-36(20-27)37-32(42)13-14-33(43)38(37)46)24-11-12-31(41)30(17-24)35-18-23-9-7-8-10-25(23)22-44-35/h7-22,46H,1-6H3. The van der Waals surface area contributed by atoms with E-state index in [1.807, 2.05) is 36.4 Å². The number of fused-ring (bicyclic) bond motifs is 1. The predicted molar refractivity (Wildman–Crippen MR) is 180 cm³/mol.